The molecule has 2 aliphatic carbocycles. The third-order valence-electron chi connectivity index (χ3n) is 14.5. The Hall–Kier alpha value is -6.91. The molecular formula is C58H48N4. The average molecular weight is 801 g/mol. The molecule has 12 rings (SSSR count). The van der Waals surface area contributed by atoms with Gasteiger partial charge in [0.05, 0.1) is 11.0 Å². The van der Waals surface area contributed by atoms with Crippen molar-refractivity contribution in [3.05, 3.63) is 180 Å². The molecule has 4 nitrogen and oxygen atoms in total. The van der Waals surface area contributed by atoms with Crippen LogP contribution >= 0.6 is 0 Å². The number of hydrogen-bond donors (Lipinski definition) is 0. The predicted molar refractivity (Wildman–Crippen MR) is 258 cm³/mol. The third-order valence-corrected chi connectivity index (χ3v) is 14.5. The zero-order valence-corrected chi connectivity index (χ0v) is 36.2. The fourth-order valence-corrected chi connectivity index (χ4v) is 11.0. The van der Waals surface area contributed by atoms with Gasteiger partial charge in [0, 0.05) is 44.0 Å². The third kappa shape index (κ3) is 5.35. The summed E-state index contributed by atoms with van der Waals surface area (Å²) in [6, 6.07) is 57.6. The van der Waals surface area contributed by atoms with Crippen LogP contribution in [0.5, 0.6) is 0 Å². The van der Waals surface area contributed by atoms with E-state index in [-0.39, 0.29) is 16.2 Å². The summed E-state index contributed by atoms with van der Waals surface area (Å²) >= 11 is 0. The Balaban J connectivity index is 1.07. The summed E-state index contributed by atoms with van der Waals surface area (Å²) in [5, 5.41) is 7.73. The summed E-state index contributed by atoms with van der Waals surface area (Å²) in [6.07, 6.45) is 2.33. The van der Waals surface area contributed by atoms with Crippen molar-refractivity contribution in [1.29, 1.82) is 0 Å². The number of rotatable bonds is 4. The fourth-order valence-electron chi connectivity index (χ4n) is 11.0. The van der Waals surface area contributed by atoms with Gasteiger partial charge in [-0.25, -0.2) is 15.0 Å². The first-order valence-electron chi connectivity index (χ1n) is 22.1. The topological polar surface area (TPSA) is 43.6 Å². The molecule has 0 bridgehead atoms. The summed E-state index contributed by atoms with van der Waals surface area (Å²) in [5.41, 5.74) is 14.7. The van der Waals surface area contributed by atoms with Crippen LogP contribution in [0.1, 0.15) is 76.6 Å². The van der Waals surface area contributed by atoms with Gasteiger partial charge in [0.1, 0.15) is 0 Å². The molecule has 0 saturated carbocycles. The van der Waals surface area contributed by atoms with Gasteiger partial charge in [0.25, 0.3) is 0 Å². The Bertz CT molecular complexity index is 3480. The molecule has 2 heterocycles. The van der Waals surface area contributed by atoms with E-state index in [0.29, 0.717) is 17.5 Å². The minimum atomic E-state index is -0.0758. The number of aromatic nitrogens is 4. The SMILES string of the molecule is CC1(C)CCC(C)(C)c2cc3c(cc21)c1c2ccccc2c2ccccc2c1n3-c1ccc(-c2nc(-c3ccccc3)nc(-c3ccc4c(c3)-c3ccccc3C4(C)C)n2)cc1. The van der Waals surface area contributed by atoms with Gasteiger partial charge < -0.3 is 4.57 Å². The van der Waals surface area contributed by atoms with Crippen molar-refractivity contribution in [2.24, 2.45) is 0 Å². The van der Waals surface area contributed by atoms with Crippen molar-refractivity contribution in [2.75, 3.05) is 0 Å². The summed E-state index contributed by atoms with van der Waals surface area (Å²) < 4.78 is 2.53. The van der Waals surface area contributed by atoms with Crippen molar-refractivity contribution in [2.45, 2.75) is 70.6 Å². The van der Waals surface area contributed by atoms with Crippen LogP contribution in [0.25, 0.3) is 94.3 Å². The van der Waals surface area contributed by atoms with E-state index in [0.717, 1.165) is 28.8 Å². The maximum Gasteiger partial charge on any atom is 0.164 e. The van der Waals surface area contributed by atoms with E-state index in [1.807, 2.05) is 18.2 Å². The molecule has 300 valence electrons. The van der Waals surface area contributed by atoms with Crippen LogP contribution in [0.2, 0.25) is 0 Å². The number of hydrogen-bond acceptors (Lipinski definition) is 3. The van der Waals surface area contributed by atoms with Crippen LogP contribution in [0.15, 0.2) is 158 Å². The van der Waals surface area contributed by atoms with Crippen LogP contribution in [-0.4, -0.2) is 19.5 Å². The molecule has 0 amide bonds. The molecule has 0 aliphatic heterocycles. The van der Waals surface area contributed by atoms with Crippen LogP contribution in [-0.2, 0) is 16.2 Å². The molecule has 0 fully saturated rings. The smallest absolute Gasteiger partial charge is 0.164 e. The second kappa shape index (κ2) is 13.0. The standard InChI is InChI=1S/C58H48N4/c1-56(2)30-31-57(3,4)49-34-50-45(33-48(49)56)51-42-21-12-10-18-39(42)40-19-11-13-22-43(40)52(51)62(50)38-27-24-36(25-28-38)54-59-53(35-16-8-7-9-17-35)60-55(61-54)37-26-29-47-44(32-37)41-20-14-15-23-46(41)58(47,5)6/h7-29,32-34H,30-31H2,1-6H3. The molecular weight excluding hydrogens is 753 g/mol. The van der Waals surface area contributed by atoms with Crippen molar-refractivity contribution in [1.82, 2.24) is 19.5 Å². The molecule has 10 aromatic rings. The van der Waals surface area contributed by atoms with Crippen LogP contribution in [0.4, 0.5) is 0 Å². The quantitative estimate of drug-likeness (QED) is 0.167. The van der Waals surface area contributed by atoms with Gasteiger partial charge in [-0.15, -0.1) is 0 Å². The minimum absolute atomic E-state index is 0.0690. The second-order valence-electron chi connectivity index (χ2n) is 19.5. The summed E-state index contributed by atoms with van der Waals surface area (Å²) in [6.45, 7) is 14.3. The minimum Gasteiger partial charge on any atom is -0.309 e. The molecule has 0 saturated heterocycles. The first-order valence-corrected chi connectivity index (χ1v) is 22.1. The van der Waals surface area contributed by atoms with Gasteiger partial charge >= 0.3 is 0 Å². The van der Waals surface area contributed by atoms with Crippen molar-refractivity contribution in [3.8, 4) is 51.0 Å². The highest BCUT2D eigenvalue weighted by Gasteiger charge is 2.38. The van der Waals surface area contributed by atoms with Crippen molar-refractivity contribution in [3.63, 3.8) is 0 Å². The Morgan fingerprint density at radius 3 is 1.61 bits per heavy atom. The van der Waals surface area contributed by atoms with Crippen LogP contribution in [0.3, 0.4) is 0 Å². The molecule has 0 radical (unpaired) electrons. The first-order chi connectivity index (χ1) is 30.0. The van der Waals surface area contributed by atoms with Gasteiger partial charge in [-0.1, -0.05) is 157 Å². The van der Waals surface area contributed by atoms with E-state index >= 15 is 0 Å². The molecule has 2 aromatic heterocycles. The van der Waals surface area contributed by atoms with E-state index < -0.39 is 0 Å². The molecule has 0 N–H and O–H groups in total. The molecule has 0 unspecified atom stereocenters. The molecule has 4 heteroatoms. The number of fused-ring (bicyclic) bond motifs is 12. The lowest BCUT2D eigenvalue weighted by atomic mass is 9.63. The van der Waals surface area contributed by atoms with Gasteiger partial charge in [-0.05, 0) is 116 Å². The predicted octanol–water partition coefficient (Wildman–Crippen LogP) is 14.9. The summed E-state index contributed by atoms with van der Waals surface area (Å²) in [7, 11) is 0. The van der Waals surface area contributed by atoms with Gasteiger partial charge in [0.15, 0.2) is 17.5 Å². The largest absolute Gasteiger partial charge is 0.309 e. The van der Waals surface area contributed by atoms with Crippen molar-refractivity contribution >= 4 is 43.4 Å². The number of nitrogens with zero attached hydrogens (tertiary/aromatic N) is 4. The summed E-state index contributed by atoms with van der Waals surface area (Å²) in [4.78, 5) is 15.5. The molecule has 62 heavy (non-hydrogen) atoms. The highest BCUT2D eigenvalue weighted by Crippen LogP contribution is 2.51. The Morgan fingerprint density at radius 1 is 0.403 bits per heavy atom. The van der Waals surface area contributed by atoms with Gasteiger partial charge in [0.2, 0.25) is 0 Å². The highest BCUT2D eigenvalue weighted by molar-refractivity contribution is 6.32. The Kier molecular flexibility index (Phi) is 7.77. The fraction of sp³-hybridized carbons (Fsp3) is 0.190. The second-order valence-corrected chi connectivity index (χ2v) is 19.5. The molecule has 0 atom stereocenters. The zero-order valence-electron chi connectivity index (χ0n) is 36.2. The lowest BCUT2D eigenvalue weighted by Gasteiger charge is -2.42. The molecule has 0 spiro atoms. The van der Waals surface area contributed by atoms with Crippen molar-refractivity contribution < 1.29 is 0 Å². The first kappa shape index (κ1) is 36.9. The summed E-state index contributed by atoms with van der Waals surface area (Å²) in [5.74, 6) is 1.98. The van der Waals surface area contributed by atoms with E-state index in [4.69, 9.17) is 15.0 Å². The zero-order chi connectivity index (χ0) is 42.1. The molecule has 8 aromatic carbocycles. The normalized spacial score (nSPS) is 15.8. The average Bonchev–Trinajstić information content (AvgIpc) is 3.76. The Labute approximate surface area is 363 Å². The van der Waals surface area contributed by atoms with E-state index in [9.17, 15) is 0 Å². The van der Waals surface area contributed by atoms with E-state index in [2.05, 4.69) is 186 Å². The number of benzene rings is 8. The van der Waals surface area contributed by atoms with Gasteiger partial charge in [-0.3, -0.25) is 0 Å². The van der Waals surface area contributed by atoms with Crippen LogP contribution in [0, 0.1) is 0 Å². The van der Waals surface area contributed by atoms with E-state index in [1.165, 1.54) is 83.2 Å². The Morgan fingerprint density at radius 2 is 0.919 bits per heavy atom. The molecule has 2 aliphatic rings. The highest BCUT2D eigenvalue weighted by atomic mass is 15.0. The van der Waals surface area contributed by atoms with Crippen LogP contribution < -0.4 is 0 Å². The maximum atomic E-state index is 5.23. The maximum absolute atomic E-state index is 5.23. The van der Waals surface area contributed by atoms with Gasteiger partial charge in [-0.2, -0.15) is 0 Å². The lowest BCUT2D eigenvalue weighted by molar-refractivity contribution is 0.332. The van der Waals surface area contributed by atoms with E-state index in [1.54, 1.807) is 0 Å². The lowest BCUT2D eigenvalue weighted by Crippen LogP contribution is -2.33. The monoisotopic (exact) mass is 800 g/mol.